The van der Waals surface area contributed by atoms with Crippen molar-refractivity contribution >= 4 is 45.6 Å². The number of anilines is 1. The lowest BCUT2D eigenvalue weighted by atomic mass is 10.2. The van der Waals surface area contributed by atoms with Crippen LogP contribution in [0.4, 0.5) is 11.4 Å². The number of hydrogen-bond acceptors (Lipinski definition) is 6. The molecule has 0 aromatic carbocycles. The fourth-order valence-electron chi connectivity index (χ4n) is 2.15. The SMILES string of the molecule is C=C/C=C(O)\C=C\N(C)C=Nc1c(C=O)sc2nccc(N(C)C)c12. The molecule has 0 radical (unpaired) electrons. The number of pyridine rings is 1. The van der Waals surface area contributed by atoms with Gasteiger partial charge < -0.3 is 14.9 Å². The van der Waals surface area contributed by atoms with Gasteiger partial charge in [-0.1, -0.05) is 12.7 Å². The number of aliphatic imine (C=N–C) groups is 1. The van der Waals surface area contributed by atoms with E-state index in [2.05, 4.69) is 16.6 Å². The largest absolute Gasteiger partial charge is 0.508 e. The number of hydrogen-bond donors (Lipinski definition) is 1. The first-order valence-electron chi connectivity index (χ1n) is 7.48. The molecule has 130 valence electrons. The van der Waals surface area contributed by atoms with Gasteiger partial charge in [-0.15, -0.1) is 11.3 Å². The minimum absolute atomic E-state index is 0.0870. The van der Waals surface area contributed by atoms with Crippen molar-refractivity contribution in [3.63, 3.8) is 0 Å². The first kappa shape index (κ1) is 18.4. The summed E-state index contributed by atoms with van der Waals surface area (Å²) in [5.74, 6) is 0.0870. The van der Waals surface area contributed by atoms with E-state index < -0.39 is 0 Å². The summed E-state index contributed by atoms with van der Waals surface area (Å²) in [6.07, 6.45) is 10.3. The normalized spacial score (nSPS) is 12.2. The molecule has 0 atom stereocenters. The molecule has 25 heavy (non-hydrogen) atoms. The first-order valence-corrected chi connectivity index (χ1v) is 8.29. The van der Waals surface area contributed by atoms with E-state index in [4.69, 9.17) is 0 Å². The zero-order valence-corrected chi connectivity index (χ0v) is 15.2. The monoisotopic (exact) mass is 356 g/mol. The lowest BCUT2D eigenvalue weighted by molar-refractivity contribution is 0.112. The van der Waals surface area contributed by atoms with Crippen molar-refractivity contribution in [2.45, 2.75) is 0 Å². The van der Waals surface area contributed by atoms with Crippen molar-refractivity contribution < 1.29 is 9.90 Å². The molecule has 0 aliphatic heterocycles. The van der Waals surface area contributed by atoms with Gasteiger partial charge in [0.2, 0.25) is 0 Å². The molecule has 1 N–H and O–H groups in total. The minimum Gasteiger partial charge on any atom is -0.508 e. The van der Waals surface area contributed by atoms with E-state index in [1.54, 1.807) is 30.7 Å². The zero-order valence-electron chi connectivity index (χ0n) is 14.4. The summed E-state index contributed by atoms with van der Waals surface area (Å²) in [6, 6.07) is 1.89. The molecule has 2 heterocycles. The number of fused-ring (bicyclic) bond motifs is 1. The number of thiophene rings is 1. The number of carbonyl (C=O) groups excluding carboxylic acids is 1. The van der Waals surface area contributed by atoms with Crippen LogP contribution in [0.5, 0.6) is 0 Å². The van der Waals surface area contributed by atoms with Crippen molar-refractivity contribution in [2.75, 3.05) is 26.0 Å². The Labute approximate surface area is 150 Å². The Hall–Kier alpha value is -2.93. The maximum Gasteiger partial charge on any atom is 0.162 e. The van der Waals surface area contributed by atoms with Crippen LogP contribution in [0, 0.1) is 0 Å². The Bertz CT molecular complexity index is 865. The van der Waals surface area contributed by atoms with Crippen LogP contribution in [-0.4, -0.2) is 48.8 Å². The van der Waals surface area contributed by atoms with E-state index in [1.165, 1.54) is 29.6 Å². The number of rotatable bonds is 7. The molecule has 0 fully saturated rings. The van der Waals surface area contributed by atoms with Crippen LogP contribution in [0.2, 0.25) is 0 Å². The van der Waals surface area contributed by atoms with Gasteiger partial charge >= 0.3 is 0 Å². The molecular formula is C18H20N4O2S. The number of aliphatic hydroxyl groups is 1. The van der Waals surface area contributed by atoms with E-state index >= 15 is 0 Å². The predicted molar refractivity (Wildman–Crippen MR) is 105 cm³/mol. The molecule has 2 aromatic rings. The molecule has 0 aliphatic rings. The molecular weight excluding hydrogens is 336 g/mol. The average Bonchev–Trinajstić information content (AvgIpc) is 2.95. The summed E-state index contributed by atoms with van der Waals surface area (Å²) in [7, 11) is 5.65. The molecule has 0 saturated heterocycles. The maximum absolute atomic E-state index is 11.4. The lowest BCUT2D eigenvalue weighted by Crippen LogP contribution is -2.09. The van der Waals surface area contributed by atoms with Gasteiger partial charge in [-0.3, -0.25) is 4.79 Å². The Morgan fingerprint density at radius 1 is 1.40 bits per heavy atom. The van der Waals surface area contributed by atoms with E-state index in [9.17, 15) is 9.90 Å². The van der Waals surface area contributed by atoms with Crippen molar-refractivity contribution in [3.8, 4) is 0 Å². The second-order valence-electron chi connectivity index (χ2n) is 5.39. The summed E-state index contributed by atoms with van der Waals surface area (Å²) in [5, 5.41) is 10.4. The Balaban J connectivity index is 2.41. The molecule has 0 amide bonds. The highest BCUT2D eigenvalue weighted by Crippen LogP contribution is 2.40. The van der Waals surface area contributed by atoms with Crippen LogP contribution in [0.25, 0.3) is 10.2 Å². The Morgan fingerprint density at radius 3 is 2.80 bits per heavy atom. The van der Waals surface area contributed by atoms with E-state index in [0.717, 1.165) is 22.2 Å². The third kappa shape index (κ3) is 4.33. The predicted octanol–water partition coefficient (Wildman–Crippen LogP) is 3.91. The summed E-state index contributed by atoms with van der Waals surface area (Å²) in [6.45, 7) is 3.52. The highest BCUT2D eigenvalue weighted by atomic mass is 32.1. The van der Waals surface area contributed by atoms with E-state index in [0.29, 0.717) is 10.6 Å². The van der Waals surface area contributed by atoms with Gasteiger partial charge in [-0.25, -0.2) is 9.98 Å². The number of aliphatic hydroxyl groups excluding tert-OH is 1. The molecule has 0 unspecified atom stereocenters. The number of carbonyl (C=O) groups is 1. The van der Waals surface area contributed by atoms with Crippen LogP contribution in [-0.2, 0) is 0 Å². The fourth-order valence-corrected chi connectivity index (χ4v) is 3.07. The second kappa shape index (κ2) is 8.25. The topological polar surface area (TPSA) is 69.0 Å². The summed E-state index contributed by atoms with van der Waals surface area (Å²) in [5.41, 5.74) is 1.55. The number of aromatic nitrogens is 1. The molecule has 2 aromatic heterocycles. The molecule has 0 bridgehead atoms. The van der Waals surface area contributed by atoms with E-state index in [1.807, 2.05) is 25.1 Å². The Kier molecular flexibility index (Phi) is 6.08. The number of aldehydes is 1. The highest BCUT2D eigenvalue weighted by molar-refractivity contribution is 7.21. The van der Waals surface area contributed by atoms with Gasteiger partial charge in [-0.05, 0) is 18.2 Å². The van der Waals surface area contributed by atoms with Gasteiger partial charge in [0, 0.05) is 33.5 Å². The Morgan fingerprint density at radius 2 is 2.16 bits per heavy atom. The minimum atomic E-state index is 0.0870. The molecule has 0 spiro atoms. The highest BCUT2D eigenvalue weighted by Gasteiger charge is 2.16. The standard InChI is InChI=1S/C18H20N4O2S/c1-5-6-13(24)8-10-22(4)12-20-17-15(11-23)25-18-16(17)14(21(2)3)7-9-19-18/h5-12,24H,1H2,2-4H3/b10-8+,13-6+,20-12?. The van der Waals surface area contributed by atoms with Crippen molar-refractivity contribution in [1.82, 2.24) is 9.88 Å². The van der Waals surface area contributed by atoms with Crippen molar-refractivity contribution in [2.24, 2.45) is 4.99 Å². The first-order chi connectivity index (χ1) is 12.0. The van der Waals surface area contributed by atoms with E-state index in [-0.39, 0.29) is 5.76 Å². The van der Waals surface area contributed by atoms with Gasteiger partial charge in [-0.2, -0.15) is 0 Å². The van der Waals surface area contributed by atoms with Gasteiger partial charge in [0.05, 0.1) is 28.0 Å². The maximum atomic E-state index is 11.4. The van der Waals surface area contributed by atoms with Gasteiger partial charge in [0.25, 0.3) is 0 Å². The molecule has 2 rings (SSSR count). The van der Waals surface area contributed by atoms with Gasteiger partial charge in [0.15, 0.2) is 6.29 Å². The number of allylic oxidation sites excluding steroid dienone is 3. The van der Waals surface area contributed by atoms with Crippen molar-refractivity contribution in [3.05, 3.63) is 53.9 Å². The molecule has 6 nitrogen and oxygen atoms in total. The molecule has 0 aliphatic carbocycles. The molecule has 7 heteroatoms. The quantitative estimate of drug-likeness (QED) is 0.268. The second-order valence-corrected chi connectivity index (χ2v) is 6.42. The van der Waals surface area contributed by atoms with Gasteiger partial charge in [0.1, 0.15) is 10.6 Å². The smallest absolute Gasteiger partial charge is 0.162 e. The van der Waals surface area contributed by atoms with Crippen LogP contribution in [0.15, 0.2) is 54.0 Å². The van der Waals surface area contributed by atoms with Crippen LogP contribution in [0.3, 0.4) is 0 Å². The third-order valence-electron chi connectivity index (χ3n) is 3.30. The van der Waals surface area contributed by atoms with Crippen LogP contribution < -0.4 is 4.90 Å². The zero-order chi connectivity index (χ0) is 18.4. The summed E-state index contributed by atoms with van der Waals surface area (Å²) < 4.78 is 0. The average molecular weight is 356 g/mol. The lowest BCUT2D eigenvalue weighted by Gasteiger charge is -2.14. The third-order valence-corrected chi connectivity index (χ3v) is 4.31. The summed E-state index contributed by atoms with van der Waals surface area (Å²) in [4.78, 5) is 25.2. The van der Waals surface area contributed by atoms with Crippen molar-refractivity contribution in [1.29, 1.82) is 0 Å². The summed E-state index contributed by atoms with van der Waals surface area (Å²) >= 11 is 1.32. The number of nitrogens with zero attached hydrogens (tertiary/aromatic N) is 4. The fraction of sp³-hybridized carbons (Fsp3) is 0.167. The molecule has 0 saturated carbocycles. The van der Waals surface area contributed by atoms with Crippen LogP contribution in [0.1, 0.15) is 9.67 Å². The van der Waals surface area contributed by atoms with Crippen LogP contribution >= 0.6 is 11.3 Å².